The predicted molar refractivity (Wildman–Crippen MR) is 100 cm³/mol. The van der Waals surface area contributed by atoms with Gasteiger partial charge < -0.3 is 10.0 Å². The summed E-state index contributed by atoms with van der Waals surface area (Å²) >= 11 is 0. The van der Waals surface area contributed by atoms with Crippen molar-refractivity contribution in [3.8, 4) is 0 Å². The van der Waals surface area contributed by atoms with Crippen LogP contribution in [0.1, 0.15) is 43.4 Å². The fraction of sp³-hybridized carbons (Fsp3) is 0.409. The zero-order valence-electron chi connectivity index (χ0n) is 14.8. The van der Waals surface area contributed by atoms with Gasteiger partial charge in [0.2, 0.25) is 5.91 Å². The van der Waals surface area contributed by atoms with Crippen molar-refractivity contribution >= 4 is 5.91 Å². The zero-order chi connectivity index (χ0) is 17.6. The summed E-state index contributed by atoms with van der Waals surface area (Å²) in [6.07, 6.45) is 2.88. The van der Waals surface area contributed by atoms with Crippen LogP contribution in [0.15, 0.2) is 60.7 Å². The molecule has 3 nitrogen and oxygen atoms in total. The molecule has 1 amide bonds. The fourth-order valence-corrected chi connectivity index (χ4v) is 3.78. The Kier molecular flexibility index (Phi) is 5.87. The summed E-state index contributed by atoms with van der Waals surface area (Å²) in [4.78, 5) is 14.9. The Morgan fingerprint density at radius 1 is 1.12 bits per heavy atom. The van der Waals surface area contributed by atoms with Gasteiger partial charge in [0.05, 0.1) is 6.10 Å². The van der Waals surface area contributed by atoms with E-state index in [9.17, 15) is 9.90 Å². The average Bonchev–Trinajstić information content (AvgIpc) is 3.10. The number of hydrogen-bond donors (Lipinski definition) is 1. The normalized spacial score (nSPS) is 19.6. The van der Waals surface area contributed by atoms with Crippen LogP contribution in [0.2, 0.25) is 0 Å². The van der Waals surface area contributed by atoms with E-state index >= 15 is 0 Å². The van der Waals surface area contributed by atoms with Gasteiger partial charge in [-0.15, -0.1) is 0 Å². The molecular weight excluding hydrogens is 310 g/mol. The molecule has 0 aliphatic carbocycles. The van der Waals surface area contributed by atoms with Gasteiger partial charge in [-0.2, -0.15) is 0 Å². The van der Waals surface area contributed by atoms with Crippen LogP contribution in [0.3, 0.4) is 0 Å². The summed E-state index contributed by atoms with van der Waals surface area (Å²) in [5.41, 5.74) is 2.13. The largest absolute Gasteiger partial charge is 0.388 e. The first-order valence-corrected chi connectivity index (χ1v) is 9.22. The highest BCUT2D eigenvalue weighted by molar-refractivity contribution is 5.79. The van der Waals surface area contributed by atoms with Crippen molar-refractivity contribution in [2.45, 2.75) is 44.8 Å². The maximum absolute atomic E-state index is 12.9. The molecule has 1 aliphatic heterocycles. The Bertz CT molecular complexity index is 671. The zero-order valence-corrected chi connectivity index (χ0v) is 14.8. The number of likely N-dealkylation sites (tertiary alicyclic amines) is 1. The Morgan fingerprint density at radius 3 is 2.44 bits per heavy atom. The van der Waals surface area contributed by atoms with Gasteiger partial charge in [0.1, 0.15) is 0 Å². The summed E-state index contributed by atoms with van der Waals surface area (Å²) in [5, 5.41) is 10.5. The molecule has 0 aromatic heterocycles. The Hall–Kier alpha value is -2.13. The van der Waals surface area contributed by atoms with Gasteiger partial charge >= 0.3 is 0 Å². The minimum atomic E-state index is -0.510. The molecule has 0 spiro atoms. The van der Waals surface area contributed by atoms with E-state index in [2.05, 4.69) is 12.1 Å². The lowest BCUT2D eigenvalue weighted by Gasteiger charge is -2.29. The lowest BCUT2D eigenvalue weighted by Crippen LogP contribution is -2.40. The number of aliphatic hydroxyl groups is 1. The second kappa shape index (κ2) is 8.30. The summed E-state index contributed by atoms with van der Waals surface area (Å²) in [5.74, 6) is 0.184. The third-order valence-corrected chi connectivity index (χ3v) is 5.15. The molecule has 0 bridgehead atoms. The van der Waals surface area contributed by atoms with E-state index in [4.69, 9.17) is 0 Å². The van der Waals surface area contributed by atoms with E-state index in [1.165, 1.54) is 5.56 Å². The molecular formula is C22H27NO2. The monoisotopic (exact) mass is 337 g/mol. The maximum atomic E-state index is 12.9. The highest BCUT2D eigenvalue weighted by Crippen LogP contribution is 2.29. The van der Waals surface area contributed by atoms with Gasteiger partial charge in [0.25, 0.3) is 0 Å². The van der Waals surface area contributed by atoms with Crippen LogP contribution in [-0.4, -0.2) is 28.5 Å². The summed E-state index contributed by atoms with van der Waals surface area (Å²) in [6.45, 7) is 2.82. The first-order valence-electron chi connectivity index (χ1n) is 9.22. The summed E-state index contributed by atoms with van der Waals surface area (Å²) in [7, 11) is 0. The predicted octanol–water partition coefficient (Wildman–Crippen LogP) is 3.98. The van der Waals surface area contributed by atoms with Crippen LogP contribution < -0.4 is 0 Å². The minimum Gasteiger partial charge on any atom is -0.388 e. The first kappa shape index (κ1) is 17.7. The molecule has 0 radical (unpaired) electrons. The van der Waals surface area contributed by atoms with Gasteiger partial charge in [0, 0.05) is 18.5 Å². The maximum Gasteiger partial charge on any atom is 0.225 e. The number of carbonyl (C=O) groups excluding carboxylic acids is 1. The lowest BCUT2D eigenvalue weighted by atomic mass is 9.97. The van der Waals surface area contributed by atoms with Crippen LogP contribution in [-0.2, 0) is 11.2 Å². The number of benzene rings is 2. The van der Waals surface area contributed by atoms with Crippen molar-refractivity contribution in [2.24, 2.45) is 5.92 Å². The molecule has 3 heteroatoms. The number of aliphatic hydroxyl groups excluding tert-OH is 1. The molecule has 1 saturated heterocycles. The quantitative estimate of drug-likeness (QED) is 0.866. The molecule has 2 aromatic rings. The molecule has 3 unspecified atom stereocenters. The number of nitrogens with zero attached hydrogens (tertiary/aromatic N) is 1. The topological polar surface area (TPSA) is 40.5 Å². The van der Waals surface area contributed by atoms with Gasteiger partial charge in [-0.05, 0) is 36.8 Å². The van der Waals surface area contributed by atoms with Gasteiger partial charge in [0.15, 0.2) is 0 Å². The van der Waals surface area contributed by atoms with E-state index in [1.807, 2.05) is 60.4 Å². The first-order chi connectivity index (χ1) is 12.1. The third kappa shape index (κ3) is 4.49. The molecule has 1 N–H and O–H groups in total. The Labute approximate surface area is 150 Å². The van der Waals surface area contributed by atoms with Crippen LogP contribution in [0.4, 0.5) is 0 Å². The second-order valence-electron chi connectivity index (χ2n) is 7.08. The minimum absolute atomic E-state index is 0.0307. The number of hydrogen-bond acceptors (Lipinski definition) is 2. The molecule has 0 saturated carbocycles. The summed E-state index contributed by atoms with van der Waals surface area (Å²) < 4.78 is 0. The molecule has 3 rings (SSSR count). The fourth-order valence-electron chi connectivity index (χ4n) is 3.78. The molecule has 25 heavy (non-hydrogen) atoms. The number of carbonyl (C=O) groups is 1. The van der Waals surface area contributed by atoms with Crippen LogP contribution >= 0.6 is 0 Å². The third-order valence-electron chi connectivity index (χ3n) is 5.15. The van der Waals surface area contributed by atoms with Gasteiger partial charge in [-0.25, -0.2) is 0 Å². The smallest absolute Gasteiger partial charge is 0.225 e. The van der Waals surface area contributed by atoms with Crippen molar-refractivity contribution in [3.05, 3.63) is 71.8 Å². The van der Waals surface area contributed by atoms with Gasteiger partial charge in [-0.1, -0.05) is 67.6 Å². The highest BCUT2D eigenvalue weighted by Gasteiger charge is 2.32. The Morgan fingerprint density at radius 2 is 1.76 bits per heavy atom. The highest BCUT2D eigenvalue weighted by atomic mass is 16.3. The average molecular weight is 337 g/mol. The molecule has 2 aromatic carbocycles. The molecule has 1 heterocycles. The standard InChI is InChI=1S/C22H27NO2/c1-17(15-18-9-4-2-5-10-18)22(25)23-14-8-13-20(23)16-21(24)19-11-6-3-7-12-19/h2-7,9-12,17,20-21,24H,8,13-16H2,1H3. The van der Waals surface area contributed by atoms with Crippen molar-refractivity contribution in [1.29, 1.82) is 0 Å². The molecule has 1 aliphatic rings. The van der Waals surface area contributed by atoms with Gasteiger partial charge in [-0.3, -0.25) is 4.79 Å². The van der Waals surface area contributed by atoms with Crippen molar-refractivity contribution in [3.63, 3.8) is 0 Å². The number of rotatable bonds is 6. The van der Waals surface area contributed by atoms with Crippen LogP contribution in [0, 0.1) is 5.92 Å². The molecule has 132 valence electrons. The SMILES string of the molecule is CC(Cc1ccccc1)C(=O)N1CCCC1CC(O)c1ccccc1. The van der Waals surface area contributed by atoms with E-state index in [1.54, 1.807) is 0 Å². The van der Waals surface area contributed by atoms with E-state index in [0.717, 1.165) is 31.4 Å². The van der Waals surface area contributed by atoms with Crippen LogP contribution in [0.25, 0.3) is 0 Å². The molecule has 1 fully saturated rings. The van der Waals surface area contributed by atoms with E-state index < -0.39 is 6.10 Å². The van der Waals surface area contributed by atoms with Crippen molar-refractivity contribution in [1.82, 2.24) is 4.90 Å². The Balaban J connectivity index is 1.61. The summed E-state index contributed by atoms with van der Waals surface area (Å²) in [6, 6.07) is 20.0. The van der Waals surface area contributed by atoms with Crippen molar-refractivity contribution in [2.75, 3.05) is 6.54 Å². The molecule has 3 atom stereocenters. The van der Waals surface area contributed by atoms with E-state index in [0.29, 0.717) is 6.42 Å². The van der Waals surface area contributed by atoms with Crippen LogP contribution in [0.5, 0.6) is 0 Å². The second-order valence-corrected chi connectivity index (χ2v) is 7.08. The number of amides is 1. The van der Waals surface area contributed by atoms with Crippen molar-refractivity contribution < 1.29 is 9.90 Å². The lowest BCUT2D eigenvalue weighted by molar-refractivity contribution is -0.136. The van der Waals surface area contributed by atoms with E-state index in [-0.39, 0.29) is 17.9 Å².